The first-order valence-corrected chi connectivity index (χ1v) is 6.93. The molecule has 1 fully saturated rings. The van der Waals surface area contributed by atoms with Crippen LogP contribution in [0.5, 0.6) is 5.75 Å². The van der Waals surface area contributed by atoms with Crippen LogP contribution in [0, 0.1) is 10.1 Å². The minimum atomic E-state index is -0.411. The standard InChI is InChI=1S/C14H20N2O4/c17-16(18)13-3-5-14(6-4-13)20-10-2-1-7-15-8-11-19-12-9-15/h3-6H,1-2,7-12H2. The third-order valence-corrected chi connectivity index (χ3v) is 3.29. The van der Waals surface area contributed by atoms with Crippen molar-refractivity contribution in [2.24, 2.45) is 0 Å². The topological polar surface area (TPSA) is 64.8 Å². The second-order valence-corrected chi connectivity index (χ2v) is 4.76. The van der Waals surface area contributed by atoms with E-state index in [1.165, 1.54) is 12.1 Å². The molecule has 0 radical (unpaired) electrons. The molecule has 0 bridgehead atoms. The highest BCUT2D eigenvalue weighted by molar-refractivity contribution is 5.35. The number of hydrogen-bond acceptors (Lipinski definition) is 5. The van der Waals surface area contributed by atoms with Crippen LogP contribution < -0.4 is 4.74 Å². The zero-order valence-corrected chi connectivity index (χ0v) is 11.5. The van der Waals surface area contributed by atoms with E-state index in [9.17, 15) is 10.1 Å². The number of non-ortho nitro benzene ring substituents is 1. The van der Waals surface area contributed by atoms with Crippen molar-refractivity contribution < 1.29 is 14.4 Å². The second-order valence-electron chi connectivity index (χ2n) is 4.76. The fraction of sp³-hybridized carbons (Fsp3) is 0.571. The molecule has 1 aliphatic rings. The lowest BCUT2D eigenvalue weighted by atomic mass is 10.3. The van der Waals surface area contributed by atoms with Crippen LogP contribution >= 0.6 is 0 Å². The lowest BCUT2D eigenvalue weighted by molar-refractivity contribution is -0.384. The summed E-state index contributed by atoms with van der Waals surface area (Å²) in [6.07, 6.45) is 2.07. The van der Waals surface area contributed by atoms with Crippen molar-refractivity contribution in [1.29, 1.82) is 0 Å². The van der Waals surface area contributed by atoms with Crippen molar-refractivity contribution in [2.45, 2.75) is 12.8 Å². The van der Waals surface area contributed by atoms with Crippen LogP contribution in [0.25, 0.3) is 0 Å². The van der Waals surface area contributed by atoms with Gasteiger partial charge in [0, 0.05) is 25.2 Å². The van der Waals surface area contributed by atoms with Crippen molar-refractivity contribution in [3.8, 4) is 5.75 Å². The number of nitro groups is 1. The third kappa shape index (κ3) is 4.79. The number of ether oxygens (including phenoxy) is 2. The molecule has 0 saturated carbocycles. The molecule has 0 N–H and O–H groups in total. The van der Waals surface area contributed by atoms with Gasteiger partial charge in [-0.05, 0) is 31.5 Å². The number of benzene rings is 1. The molecule has 6 nitrogen and oxygen atoms in total. The van der Waals surface area contributed by atoms with Gasteiger partial charge in [0.2, 0.25) is 0 Å². The summed E-state index contributed by atoms with van der Waals surface area (Å²) < 4.78 is 10.9. The molecule has 20 heavy (non-hydrogen) atoms. The predicted octanol–water partition coefficient (Wildman–Crippen LogP) is 2.09. The molecule has 1 aromatic rings. The van der Waals surface area contributed by atoms with E-state index in [4.69, 9.17) is 9.47 Å². The van der Waals surface area contributed by atoms with Gasteiger partial charge in [0.15, 0.2) is 0 Å². The molecule has 1 heterocycles. The minimum absolute atomic E-state index is 0.0877. The highest BCUT2D eigenvalue weighted by atomic mass is 16.6. The number of nitrogens with zero attached hydrogens (tertiary/aromatic N) is 2. The number of hydrogen-bond donors (Lipinski definition) is 0. The Labute approximate surface area is 118 Å². The van der Waals surface area contributed by atoms with Crippen LogP contribution in [0.2, 0.25) is 0 Å². The Morgan fingerprint density at radius 2 is 1.90 bits per heavy atom. The van der Waals surface area contributed by atoms with E-state index >= 15 is 0 Å². The van der Waals surface area contributed by atoms with Gasteiger partial charge in [-0.2, -0.15) is 0 Å². The number of rotatable bonds is 7. The molecular formula is C14H20N2O4. The molecule has 0 atom stereocenters. The van der Waals surface area contributed by atoms with Crippen LogP contribution in [-0.2, 0) is 4.74 Å². The zero-order valence-electron chi connectivity index (χ0n) is 11.5. The molecular weight excluding hydrogens is 260 g/mol. The SMILES string of the molecule is O=[N+]([O-])c1ccc(OCCCCN2CCOCC2)cc1. The van der Waals surface area contributed by atoms with Crippen molar-refractivity contribution in [1.82, 2.24) is 4.90 Å². The van der Waals surface area contributed by atoms with Gasteiger partial charge in [0.25, 0.3) is 5.69 Å². The van der Waals surface area contributed by atoms with Crippen LogP contribution in [0.1, 0.15) is 12.8 Å². The van der Waals surface area contributed by atoms with Gasteiger partial charge in [-0.3, -0.25) is 15.0 Å². The van der Waals surface area contributed by atoms with Gasteiger partial charge in [-0.1, -0.05) is 0 Å². The van der Waals surface area contributed by atoms with Crippen LogP contribution in [-0.4, -0.2) is 49.3 Å². The minimum Gasteiger partial charge on any atom is -0.494 e. The van der Waals surface area contributed by atoms with Crippen LogP contribution in [0.4, 0.5) is 5.69 Å². The maximum absolute atomic E-state index is 10.5. The van der Waals surface area contributed by atoms with E-state index in [0.29, 0.717) is 12.4 Å². The zero-order chi connectivity index (χ0) is 14.2. The smallest absolute Gasteiger partial charge is 0.269 e. The van der Waals surface area contributed by atoms with Crippen LogP contribution in [0.3, 0.4) is 0 Å². The summed E-state index contributed by atoms with van der Waals surface area (Å²) >= 11 is 0. The molecule has 1 aromatic carbocycles. The number of unbranched alkanes of at least 4 members (excludes halogenated alkanes) is 1. The molecule has 0 aromatic heterocycles. The lowest BCUT2D eigenvalue weighted by Gasteiger charge is -2.26. The molecule has 1 aliphatic heterocycles. The van der Waals surface area contributed by atoms with E-state index in [1.54, 1.807) is 12.1 Å². The molecule has 1 saturated heterocycles. The summed E-state index contributed by atoms with van der Waals surface area (Å²) in [7, 11) is 0. The summed E-state index contributed by atoms with van der Waals surface area (Å²) in [5.74, 6) is 0.682. The van der Waals surface area contributed by atoms with Crippen molar-refractivity contribution >= 4 is 5.69 Å². The maximum Gasteiger partial charge on any atom is 0.269 e. The lowest BCUT2D eigenvalue weighted by Crippen LogP contribution is -2.36. The van der Waals surface area contributed by atoms with Gasteiger partial charge in [-0.25, -0.2) is 0 Å². The summed E-state index contributed by atoms with van der Waals surface area (Å²) in [4.78, 5) is 12.5. The van der Waals surface area contributed by atoms with Gasteiger partial charge in [-0.15, -0.1) is 0 Å². The molecule has 0 spiro atoms. The van der Waals surface area contributed by atoms with Gasteiger partial charge >= 0.3 is 0 Å². The summed E-state index contributed by atoms with van der Waals surface area (Å²) in [5, 5.41) is 10.5. The molecule has 0 aliphatic carbocycles. The molecule has 6 heteroatoms. The van der Waals surface area contributed by atoms with E-state index in [2.05, 4.69) is 4.90 Å². The van der Waals surface area contributed by atoms with E-state index in [0.717, 1.165) is 45.7 Å². The Bertz CT molecular complexity index is 416. The number of nitro benzene ring substituents is 1. The largest absolute Gasteiger partial charge is 0.494 e. The average Bonchev–Trinajstić information content (AvgIpc) is 2.48. The highest BCUT2D eigenvalue weighted by Gasteiger charge is 2.09. The van der Waals surface area contributed by atoms with Crippen molar-refractivity contribution in [2.75, 3.05) is 39.5 Å². The Balaban J connectivity index is 1.59. The van der Waals surface area contributed by atoms with Gasteiger partial charge in [0.1, 0.15) is 5.75 Å². The Kier molecular flexibility index (Phi) is 5.76. The summed E-state index contributed by atoms with van der Waals surface area (Å²) in [6.45, 7) is 5.42. The molecule has 110 valence electrons. The average molecular weight is 280 g/mol. The first-order valence-electron chi connectivity index (χ1n) is 6.93. The quantitative estimate of drug-likeness (QED) is 0.434. The fourth-order valence-corrected chi connectivity index (χ4v) is 2.12. The predicted molar refractivity (Wildman–Crippen MR) is 75.1 cm³/mol. The molecule has 2 rings (SSSR count). The normalized spacial score (nSPS) is 16.0. The Hall–Kier alpha value is -1.66. The Morgan fingerprint density at radius 1 is 1.20 bits per heavy atom. The Morgan fingerprint density at radius 3 is 2.55 bits per heavy atom. The molecule has 0 amide bonds. The highest BCUT2D eigenvalue weighted by Crippen LogP contribution is 2.17. The second kappa shape index (κ2) is 7.81. The van der Waals surface area contributed by atoms with Crippen molar-refractivity contribution in [3.63, 3.8) is 0 Å². The first-order chi connectivity index (χ1) is 9.75. The van der Waals surface area contributed by atoms with Crippen molar-refractivity contribution in [3.05, 3.63) is 34.4 Å². The molecule has 0 unspecified atom stereocenters. The van der Waals surface area contributed by atoms with Gasteiger partial charge in [0.05, 0.1) is 24.7 Å². The number of morpholine rings is 1. The first kappa shape index (κ1) is 14.7. The van der Waals surface area contributed by atoms with E-state index in [-0.39, 0.29) is 5.69 Å². The van der Waals surface area contributed by atoms with Crippen LogP contribution in [0.15, 0.2) is 24.3 Å². The third-order valence-electron chi connectivity index (χ3n) is 3.29. The summed E-state index contributed by atoms with van der Waals surface area (Å²) in [5.41, 5.74) is 0.0877. The van der Waals surface area contributed by atoms with E-state index in [1.807, 2.05) is 0 Å². The fourth-order valence-electron chi connectivity index (χ4n) is 2.12. The van der Waals surface area contributed by atoms with E-state index < -0.39 is 4.92 Å². The summed E-state index contributed by atoms with van der Waals surface area (Å²) in [6, 6.07) is 6.20. The monoisotopic (exact) mass is 280 g/mol. The van der Waals surface area contributed by atoms with Gasteiger partial charge < -0.3 is 9.47 Å². The maximum atomic E-state index is 10.5.